The first-order chi connectivity index (χ1) is 9.67. The van der Waals surface area contributed by atoms with Gasteiger partial charge in [0.1, 0.15) is 15.7 Å². The second-order valence-electron chi connectivity index (χ2n) is 4.49. The zero-order valence-electron chi connectivity index (χ0n) is 11.5. The van der Waals surface area contributed by atoms with E-state index < -0.39 is 0 Å². The molecule has 0 aliphatic carbocycles. The molecule has 0 aliphatic heterocycles. The molecule has 0 saturated heterocycles. The van der Waals surface area contributed by atoms with Crippen LogP contribution < -0.4 is 0 Å². The zero-order chi connectivity index (χ0) is 14.1. The van der Waals surface area contributed by atoms with Gasteiger partial charge >= 0.3 is 0 Å². The molecule has 0 amide bonds. The Balaban J connectivity index is 1.98. The molecule has 3 aromatic rings. The SMILES string of the molecule is CCCc1nnc(Sc2nc(C)nc3scc(C)c23)o1. The Morgan fingerprint density at radius 1 is 1.25 bits per heavy atom. The van der Waals surface area contributed by atoms with Crippen molar-refractivity contribution < 1.29 is 4.42 Å². The number of nitrogens with zero attached hydrogens (tertiary/aromatic N) is 4. The molecule has 3 heterocycles. The van der Waals surface area contributed by atoms with Gasteiger partial charge in [-0.1, -0.05) is 6.92 Å². The summed E-state index contributed by atoms with van der Waals surface area (Å²) in [5, 5.41) is 12.7. The lowest BCUT2D eigenvalue weighted by Gasteiger charge is -2.01. The molecule has 0 radical (unpaired) electrons. The highest BCUT2D eigenvalue weighted by molar-refractivity contribution is 7.99. The quantitative estimate of drug-likeness (QED) is 0.683. The fourth-order valence-electron chi connectivity index (χ4n) is 1.90. The van der Waals surface area contributed by atoms with Crippen LogP contribution in [0.2, 0.25) is 0 Å². The predicted molar refractivity (Wildman–Crippen MR) is 79.3 cm³/mol. The minimum absolute atomic E-state index is 0.540. The second-order valence-corrected chi connectivity index (χ2v) is 6.29. The van der Waals surface area contributed by atoms with Crippen LogP contribution in [-0.4, -0.2) is 20.2 Å². The van der Waals surface area contributed by atoms with Gasteiger partial charge in [0.15, 0.2) is 0 Å². The summed E-state index contributed by atoms with van der Waals surface area (Å²) < 4.78 is 5.62. The van der Waals surface area contributed by atoms with Crippen LogP contribution in [0.4, 0.5) is 0 Å². The lowest BCUT2D eigenvalue weighted by atomic mass is 10.3. The van der Waals surface area contributed by atoms with Crippen molar-refractivity contribution in [2.45, 2.75) is 43.9 Å². The van der Waals surface area contributed by atoms with Gasteiger partial charge in [0.2, 0.25) is 5.89 Å². The van der Waals surface area contributed by atoms with E-state index in [-0.39, 0.29) is 0 Å². The molecule has 0 spiro atoms. The fraction of sp³-hybridized carbons (Fsp3) is 0.385. The maximum Gasteiger partial charge on any atom is 0.282 e. The first-order valence-corrected chi connectivity index (χ1v) is 8.09. The molecular formula is C13H14N4OS2. The largest absolute Gasteiger partial charge is 0.416 e. The van der Waals surface area contributed by atoms with E-state index in [1.165, 1.54) is 17.3 Å². The Morgan fingerprint density at radius 3 is 2.90 bits per heavy atom. The van der Waals surface area contributed by atoms with Gasteiger partial charge in [0.05, 0.1) is 0 Å². The van der Waals surface area contributed by atoms with Gasteiger partial charge in [-0.25, -0.2) is 9.97 Å². The minimum atomic E-state index is 0.540. The minimum Gasteiger partial charge on any atom is -0.416 e. The van der Waals surface area contributed by atoms with Crippen molar-refractivity contribution in [1.82, 2.24) is 20.2 Å². The smallest absolute Gasteiger partial charge is 0.282 e. The molecular weight excluding hydrogens is 292 g/mol. The maximum atomic E-state index is 5.62. The molecule has 0 unspecified atom stereocenters. The number of rotatable bonds is 4. The van der Waals surface area contributed by atoms with E-state index in [1.807, 2.05) is 6.92 Å². The third-order valence-electron chi connectivity index (χ3n) is 2.79. The van der Waals surface area contributed by atoms with Crippen molar-refractivity contribution in [2.75, 3.05) is 0 Å². The van der Waals surface area contributed by atoms with E-state index in [1.54, 1.807) is 11.3 Å². The van der Waals surface area contributed by atoms with Crippen LogP contribution >= 0.6 is 23.1 Å². The maximum absolute atomic E-state index is 5.62. The molecule has 0 N–H and O–H groups in total. The third-order valence-corrected chi connectivity index (χ3v) is 4.61. The Bertz CT molecular complexity index is 750. The number of hydrogen-bond donors (Lipinski definition) is 0. The normalized spacial score (nSPS) is 11.3. The number of aryl methyl sites for hydroxylation is 3. The third kappa shape index (κ3) is 2.55. The van der Waals surface area contributed by atoms with Gasteiger partial charge in [-0.3, -0.25) is 0 Å². The summed E-state index contributed by atoms with van der Waals surface area (Å²) in [4.78, 5) is 9.98. The van der Waals surface area contributed by atoms with Crippen molar-refractivity contribution in [1.29, 1.82) is 0 Å². The first kappa shape index (κ1) is 13.5. The zero-order valence-corrected chi connectivity index (χ0v) is 13.1. The molecule has 3 aromatic heterocycles. The van der Waals surface area contributed by atoms with E-state index in [2.05, 4.69) is 39.4 Å². The van der Waals surface area contributed by atoms with Crippen molar-refractivity contribution in [2.24, 2.45) is 0 Å². The van der Waals surface area contributed by atoms with Crippen molar-refractivity contribution in [3.63, 3.8) is 0 Å². The summed E-state index contributed by atoms with van der Waals surface area (Å²) in [6.07, 6.45) is 1.80. The monoisotopic (exact) mass is 306 g/mol. The lowest BCUT2D eigenvalue weighted by molar-refractivity contribution is 0.411. The standard InChI is InChI=1S/C13H14N4OS2/c1-4-5-9-16-17-13(18-9)20-12-10-7(2)6-19-11(10)14-8(3)15-12/h6H,4-5H2,1-3H3. The number of hydrogen-bond acceptors (Lipinski definition) is 7. The van der Waals surface area contributed by atoms with Crippen molar-refractivity contribution in [3.8, 4) is 0 Å². The summed E-state index contributed by atoms with van der Waals surface area (Å²) >= 11 is 3.05. The van der Waals surface area contributed by atoms with Gasteiger partial charge in [-0.15, -0.1) is 21.5 Å². The highest BCUT2D eigenvalue weighted by Crippen LogP contribution is 2.35. The topological polar surface area (TPSA) is 64.7 Å². The van der Waals surface area contributed by atoms with E-state index in [9.17, 15) is 0 Å². The molecule has 20 heavy (non-hydrogen) atoms. The van der Waals surface area contributed by atoms with Crippen LogP contribution in [0.15, 0.2) is 20.0 Å². The van der Waals surface area contributed by atoms with Crippen LogP contribution in [-0.2, 0) is 6.42 Å². The summed E-state index contributed by atoms with van der Waals surface area (Å²) in [6.45, 7) is 6.05. The van der Waals surface area contributed by atoms with E-state index in [0.717, 1.165) is 33.9 Å². The number of thiophene rings is 1. The van der Waals surface area contributed by atoms with Gasteiger partial charge < -0.3 is 4.42 Å². The Kier molecular flexibility index (Phi) is 3.71. The molecule has 0 atom stereocenters. The molecule has 3 rings (SSSR count). The van der Waals surface area contributed by atoms with Crippen LogP contribution in [0, 0.1) is 13.8 Å². The average molecular weight is 306 g/mol. The molecule has 5 nitrogen and oxygen atoms in total. The van der Waals surface area contributed by atoms with Gasteiger partial charge in [0, 0.05) is 11.8 Å². The van der Waals surface area contributed by atoms with E-state index in [0.29, 0.717) is 11.1 Å². The summed E-state index contributed by atoms with van der Waals surface area (Å²) in [5.41, 5.74) is 1.18. The van der Waals surface area contributed by atoms with Gasteiger partial charge in [-0.2, -0.15) is 0 Å². The predicted octanol–water partition coefficient (Wildman–Crippen LogP) is 3.79. The van der Waals surface area contributed by atoms with Crippen LogP contribution in [0.1, 0.15) is 30.6 Å². The Hall–Kier alpha value is -1.47. The molecule has 0 bridgehead atoms. The molecule has 0 saturated carbocycles. The van der Waals surface area contributed by atoms with Crippen molar-refractivity contribution in [3.05, 3.63) is 22.7 Å². The van der Waals surface area contributed by atoms with Crippen molar-refractivity contribution >= 4 is 33.3 Å². The van der Waals surface area contributed by atoms with Crippen LogP contribution in [0.25, 0.3) is 10.2 Å². The molecule has 0 aliphatic rings. The molecule has 7 heteroatoms. The molecule has 0 fully saturated rings. The second kappa shape index (κ2) is 5.49. The molecule has 0 aromatic carbocycles. The number of aromatic nitrogens is 4. The fourth-order valence-corrected chi connectivity index (χ4v) is 3.85. The average Bonchev–Trinajstić information content (AvgIpc) is 2.97. The van der Waals surface area contributed by atoms with Gasteiger partial charge in [-0.05, 0) is 43.0 Å². The van der Waals surface area contributed by atoms with Crippen LogP contribution in [0.5, 0.6) is 0 Å². The summed E-state index contributed by atoms with van der Waals surface area (Å²) in [6, 6.07) is 0. The highest BCUT2D eigenvalue weighted by Gasteiger charge is 2.15. The van der Waals surface area contributed by atoms with Crippen LogP contribution in [0.3, 0.4) is 0 Å². The van der Waals surface area contributed by atoms with Gasteiger partial charge in [0.25, 0.3) is 5.22 Å². The summed E-state index contributed by atoms with van der Waals surface area (Å²) in [5.74, 6) is 1.44. The molecule has 104 valence electrons. The van der Waals surface area contributed by atoms with E-state index in [4.69, 9.17) is 4.42 Å². The first-order valence-electron chi connectivity index (χ1n) is 6.40. The number of fused-ring (bicyclic) bond motifs is 1. The Morgan fingerprint density at radius 2 is 2.10 bits per heavy atom. The highest BCUT2D eigenvalue weighted by atomic mass is 32.2. The summed E-state index contributed by atoms with van der Waals surface area (Å²) in [7, 11) is 0. The lowest BCUT2D eigenvalue weighted by Crippen LogP contribution is -1.91. The Labute approximate surface area is 124 Å². The van der Waals surface area contributed by atoms with E-state index >= 15 is 0 Å².